The van der Waals surface area contributed by atoms with Crippen LogP contribution in [-0.4, -0.2) is 11.0 Å². The molecule has 2 aromatic rings. The highest BCUT2D eigenvalue weighted by molar-refractivity contribution is 7.10. The highest BCUT2D eigenvalue weighted by Crippen LogP contribution is 2.15. The van der Waals surface area contributed by atoms with Crippen LogP contribution in [0.15, 0.2) is 47.9 Å². The van der Waals surface area contributed by atoms with Crippen molar-refractivity contribution in [1.29, 1.82) is 0 Å². The first kappa shape index (κ1) is 14.1. The van der Waals surface area contributed by atoms with Crippen molar-refractivity contribution in [2.24, 2.45) is 0 Å². The van der Waals surface area contributed by atoms with Gasteiger partial charge in [0.05, 0.1) is 12.1 Å². The van der Waals surface area contributed by atoms with Gasteiger partial charge in [0, 0.05) is 4.88 Å². The van der Waals surface area contributed by atoms with Crippen LogP contribution in [0, 0.1) is 0 Å². The second-order valence-corrected chi connectivity index (χ2v) is 5.21. The summed E-state index contributed by atoms with van der Waals surface area (Å²) in [7, 11) is 0. The number of nitrogens with one attached hydrogen (secondary N) is 2. The molecule has 0 saturated heterocycles. The topological polar surface area (TPSA) is 61.4 Å². The maximum absolute atomic E-state index is 11.8. The number of thiophene rings is 1. The smallest absolute Gasteiger partial charge is 0.243 e. The van der Waals surface area contributed by atoms with Gasteiger partial charge < -0.3 is 5.11 Å². The molecule has 0 atom stereocenters. The van der Waals surface area contributed by atoms with Crippen molar-refractivity contribution in [3.63, 3.8) is 0 Å². The lowest BCUT2D eigenvalue weighted by molar-refractivity contribution is -0.121. The molecule has 0 bridgehead atoms. The van der Waals surface area contributed by atoms with Crippen LogP contribution in [0.3, 0.4) is 0 Å². The van der Waals surface area contributed by atoms with Gasteiger partial charge in [-0.1, -0.05) is 12.1 Å². The SMILES string of the molecule is C/C=C(/NNC(=O)Cc1cccs1)c1ccc(O)cc1. The van der Waals surface area contributed by atoms with Gasteiger partial charge in [0.25, 0.3) is 0 Å². The van der Waals surface area contributed by atoms with Gasteiger partial charge in [-0.15, -0.1) is 11.3 Å². The van der Waals surface area contributed by atoms with E-state index in [1.165, 1.54) is 0 Å². The molecule has 1 aromatic carbocycles. The van der Waals surface area contributed by atoms with Crippen molar-refractivity contribution < 1.29 is 9.90 Å². The van der Waals surface area contributed by atoms with E-state index in [2.05, 4.69) is 10.9 Å². The molecule has 1 heterocycles. The number of hydrazine groups is 1. The summed E-state index contributed by atoms with van der Waals surface area (Å²) in [5, 5.41) is 11.2. The van der Waals surface area contributed by atoms with Crippen molar-refractivity contribution in [2.45, 2.75) is 13.3 Å². The fourth-order valence-corrected chi connectivity index (χ4v) is 2.41. The van der Waals surface area contributed by atoms with E-state index in [0.29, 0.717) is 6.42 Å². The number of benzene rings is 1. The van der Waals surface area contributed by atoms with Gasteiger partial charge in [-0.05, 0) is 48.2 Å². The number of aromatic hydroxyl groups is 1. The molecule has 0 radical (unpaired) electrons. The number of allylic oxidation sites excluding steroid dienone is 1. The molecule has 0 spiro atoms. The minimum atomic E-state index is -0.0921. The van der Waals surface area contributed by atoms with Crippen LogP contribution in [0.25, 0.3) is 5.70 Å². The highest BCUT2D eigenvalue weighted by atomic mass is 32.1. The maximum Gasteiger partial charge on any atom is 0.243 e. The fraction of sp³-hybridized carbons (Fsp3) is 0.133. The van der Waals surface area contributed by atoms with E-state index < -0.39 is 0 Å². The van der Waals surface area contributed by atoms with Gasteiger partial charge in [-0.2, -0.15) is 0 Å². The van der Waals surface area contributed by atoms with Gasteiger partial charge in [0.2, 0.25) is 5.91 Å². The van der Waals surface area contributed by atoms with E-state index >= 15 is 0 Å². The Morgan fingerprint density at radius 3 is 2.60 bits per heavy atom. The minimum Gasteiger partial charge on any atom is -0.508 e. The predicted molar refractivity (Wildman–Crippen MR) is 81.1 cm³/mol. The number of amides is 1. The van der Waals surface area contributed by atoms with Crippen LogP contribution >= 0.6 is 11.3 Å². The average Bonchev–Trinajstić information content (AvgIpc) is 2.94. The van der Waals surface area contributed by atoms with Crippen LogP contribution in [-0.2, 0) is 11.2 Å². The van der Waals surface area contributed by atoms with Crippen LogP contribution in [0.1, 0.15) is 17.4 Å². The number of carbonyl (C=O) groups is 1. The molecule has 0 saturated carbocycles. The zero-order valence-corrected chi connectivity index (χ0v) is 11.9. The van der Waals surface area contributed by atoms with Gasteiger partial charge in [-0.25, -0.2) is 0 Å². The van der Waals surface area contributed by atoms with Crippen molar-refractivity contribution in [3.05, 3.63) is 58.3 Å². The standard InChI is InChI=1S/C15H16N2O2S/c1-2-14(11-5-7-12(18)8-6-11)16-17-15(19)10-13-4-3-9-20-13/h2-9,16,18H,10H2,1H3,(H,17,19)/b14-2+. The van der Waals surface area contributed by atoms with Gasteiger partial charge in [0.1, 0.15) is 5.75 Å². The number of hydrogen-bond acceptors (Lipinski definition) is 4. The predicted octanol–water partition coefficient (Wildman–Crippen LogP) is 2.68. The van der Waals surface area contributed by atoms with Crippen LogP contribution < -0.4 is 10.9 Å². The number of hydrogen-bond donors (Lipinski definition) is 3. The normalized spacial score (nSPS) is 11.2. The Balaban J connectivity index is 1.91. The first-order valence-corrected chi connectivity index (χ1v) is 7.10. The van der Waals surface area contributed by atoms with E-state index in [9.17, 15) is 9.90 Å². The summed E-state index contributed by atoms with van der Waals surface area (Å²) in [5.41, 5.74) is 7.25. The molecule has 0 aliphatic heterocycles. The van der Waals surface area contributed by atoms with E-state index in [1.54, 1.807) is 35.6 Å². The molecular formula is C15H16N2O2S. The van der Waals surface area contributed by atoms with Crippen LogP contribution in [0.5, 0.6) is 5.75 Å². The molecule has 104 valence electrons. The largest absolute Gasteiger partial charge is 0.508 e. The first-order valence-electron chi connectivity index (χ1n) is 6.22. The maximum atomic E-state index is 11.8. The van der Waals surface area contributed by atoms with E-state index in [4.69, 9.17) is 0 Å². The third-order valence-electron chi connectivity index (χ3n) is 2.72. The number of phenolic OH excluding ortho intramolecular Hbond substituents is 1. The van der Waals surface area contributed by atoms with Crippen LogP contribution in [0.2, 0.25) is 0 Å². The van der Waals surface area contributed by atoms with Crippen LogP contribution in [0.4, 0.5) is 0 Å². The lowest BCUT2D eigenvalue weighted by Gasteiger charge is -2.12. The molecular weight excluding hydrogens is 272 g/mol. The zero-order valence-electron chi connectivity index (χ0n) is 11.1. The van der Waals surface area contributed by atoms with E-state index in [0.717, 1.165) is 16.1 Å². The molecule has 0 fully saturated rings. The first-order chi connectivity index (χ1) is 9.69. The van der Waals surface area contributed by atoms with Crippen molar-refractivity contribution >= 4 is 22.9 Å². The van der Waals surface area contributed by atoms with Crippen molar-refractivity contribution in [3.8, 4) is 5.75 Å². The minimum absolute atomic E-state index is 0.0921. The average molecular weight is 288 g/mol. The third kappa shape index (κ3) is 3.86. The molecule has 1 aromatic heterocycles. The summed E-state index contributed by atoms with van der Waals surface area (Å²) in [6.07, 6.45) is 2.22. The Bertz CT molecular complexity index is 589. The molecule has 0 unspecified atom stereocenters. The Morgan fingerprint density at radius 1 is 1.25 bits per heavy atom. The molecule has 20 heavy (non-hydrogen) atoms. The Morgan fingerprint density at radius 2 is 2.00 bits per heavy atom. The molecule has 1 amide bonds. The molecule has 4 nitrogen and oxygen atoms in total. The molecule has 0 aliphatic rings. The van der Waals surface area contributed by atoms with Gasteiger partial charge in [-0.3, -0.25) is 15.6 Å². The summed E-state index contributed by atoms with van der Waals surface area (Å²) in [5.74, 6) is 0.122. The second kappa shape index (κ2) is 6.77. The van der Waals surface area contributed by atoms with E-state index in [1.807, 2.05) is 30.5 Å². The number of rotatable bonds is 5. The number of carbonyl (C=O) groups excluding carboxylic acids is 1. The summed E-state index contributed by atoms with van der Waals surface area (Å²) in [6, 6.07) is 10.6. The van der Waals surface area contributed by atoms with Crippen molar-refractivity contribution in [1.82, 2.24) is 10.9 Å². The quantitative estimate of drug-likeness (QED) is 0.741. The lowest BCUT2D eigenvalue weighted by Crippen LogP contribution is -2.37. The molecule has 3 N–H and O–H groups in total. The van der Waals surface area contributed by atoms with E-state index in [-0.39, 0.29) is 11.7 Å². The van der Waals surface area contributed by atoms with Crippen molar-refractivity contribution in [2.75, 3.05) is 0 Å². The Labute approximate surface area is 121 Å². The lowest BCUT2D eigenvalue weighted by atomic mass is 10.1. The summed E-state index contributed by atoms with van der Waals surface area (Å²) < 4.78 is 0. The molecule has 5 heteroatoms. The Kier molecular flexibility index (Phi) is 4.79. The van der Waals surface area contributed by atoms with Gasteiger partial charge >= 0.3 is 0 Å². The van der Waals surface area contributed by atoms with Gasteiger partial charge in [0.15, 0.2) is 0 Å². The zero-order chi connectivity index (χ0) is 14.4. The third-order valence-corrected chi connectivity index (χ3v) is 3.59. The molecule has 0 aliphatic carbocycles. The molecule has 2 rings (SSSR count). The second-order valence-electron chi connectivity index (χ2n) is 4.18. The Hall–Kier alpha value is -2.27. The number of phenols is 1. The fourth-order valence-electron chi connectivity index (χ4n) is 1.70. The summed E-state index contributed by atoms with van der Waals surface area (Å²) >= 11 is 1.56. The monoisotopic (exact) mass is 288 g/mol. The summed E-state index contributed by atoms with van der Waals surface area (Å²) in [6.45, 7) is 1.88. The highest BCUT2D eigenvalue weighted by Gasteiger charge is 2.05. The summed E-state index contributed by atoms with van der Waals surface area (Å²) in [4.78, 5) is 12.8.